The number of likely N-dealkylation sites (N-methyl/N-ethyl adjacent to an activating group) is 1. The van der Waals surface area contributed by atoms with Crippen molar-refractivity contribution in [3.63, 3.8) is 0 Å². The van der Waals surface area contributed by atoms with E-state index < -0.39 is 0 Å². The normalized spacial score (nSPS) is 24.3. The van der Waals surface area contributed by atoms with Crippen LogP contribution >= 0.6 is 15.9 Å². The lowest BCUT2D eigenvalue weighted by Crippen LogP contribution is -3.00. The zero-order valence-electron chi connectivity index (χ0n) is 9.13. The highest BCUT2D eigenvalue weighted by atomic mass is 79.9. The van der Waals surface area contributed by atoms with E-state index in [9.17, 15) is 4.79 Å². The van der Waals surface area contributed by atoms with Crippen LogP contribution in [0.5, 0.6) is 0 Å². The molecule has 0 radical (unpaired) electrons. The van der Waals surface area contributed by atoms with Crippen LogP contribution in [0.1, 0.15) is 6.92 Å². The molecule has 1 aliphatic rings. The highest BCUT2D eigenvalue weighted by Crippen LogP contribution is 2.17. The number of carbonyl (C=O) groups is 1. The molecule has 0 saturated carbocycles. The topological polar surface area (TPSA) is 26.3 Å². The van der Waals surface area contributed by atoms with Crippen LogP contribution < -0.4 is 17.0 Å². The first-order chi connectivity index (χ1) is 6.61. The summed E-state index contributed by atoms with van der Waals surface area (Å²) in [6.45, 7) is 5.06. The van der Waals surface area contributed by atoms with E-state index in [-0.39, 0.29) is 23.0 Å². The minimum Gasteiger partial charge on any atom is -1.00 e. The Hall–Kier alpha value is 0.130. The summed E-state index contributed by atoms with van der Waals surface area (Å²) in [7, 11) is 2.16. The highest BCUT2D eigenvalue weighted by Gasteiger charge is 2.31. The Balaban J connectivity index is 0.00000196. The summed E-state index contributed by atoms with van der Waals surface area (Å²) in [5.41, 5.74) is 0.829. The molecular weight excluding hydrogens is 326 g/mol. The summed E-state index contributed by atoms with van der Waals surface area (Å²) in [5, 5.41) is 0.966. The third kappa shape index (κ3) is 4.25. The Morgan fingerprint density at radius 3 is 2.87 bits per heavy atom. The number of quaternary nitrogens is 1. The van der Waals surface area contributed by atoms with E-state index in [2.05, 4.69) is 23.0 Å². The van der Waals surface area contributed by atoms with Gasteiger partial charge in [0.2, 0.25) is 0 Å². The van der Waals surface area contributed by atoms with Crippen molar-refractivity contribution in [2.45, 2.75) is 6.92 Å². The third-order valence-electron chi connectivity index (χ3n) is 2.49. The van der Waals surface area contributed by atoms with Crippen molar-refractivity contribution in [2.24, 2.45) is 0 Å². The van der Waals surface area contributed by atoms with Crippen LogP contribution in [-0.2, 0) is 9.53 Å². The molecule has 1 atom stereocenters. The molecule has 5 heteroatoms. The molecule has 0 amide bonds. The quantitative estimate of drug-likeness (QED) is 0.347. The number of esters is 1. The number of hydrogen-bond donors (Lipinski definition) is 0. The number of rotatable bonds is 4. The Kier molecular flexibility index (Phi) is 6.71. The second kappa shape index (κ2) is 6.66. The number of ether oxygens (including phenoxy) is 1. The van der Waals surface area contributed by atoms with Crippen LogP contribution in [0.15, 0.2) is 11.6 Å². The van der Waals surface area contributed by atoms with Gasteiger partial charge in [-0.15, -0.1) is 0 Å². The maximum Gasteiger partial charge on any atom is 0.339 e. The molecule has 0 fully saturated rings. The summed E-state index contributed by atoms with van der Waals surface area (Å²) >= 11 is 3.43. The fourth-order valence-corrected chi connectivity index (χ4v) is 2.47. The second-order valence-electron chi connectivity index (χ2n) is 3.82. The molecule has 0 aromatic heterocycles. The summed E-state index contributed by atoms with van der Waals surface area (Å²) < 4.78 is 5.87. The second-order valence-corrected chi connectivity index (χ2v) is 4.62. The Morgan fingerprint density at radius 1 is 1.67 bits per heavy atom. The first-order valence-electron chi connectivity index (χ1n) is 4.87. The van der Waals surface area contributed by atoms with Crippen molar-refractivity contribution >= 4 is 21.9 Å². The van der Waals surface area contributed by atoms with E-state index in [4.69, 9.17) is 4.74 Å². The largest absolute Gasteiger partial charge is 1.00 e. The van der Waals surface area contributed by atoms with Gasteiger partial charge in [0.05, 0.1) is 37.6 Å². The highest BCUT2D eigenvalue weighted by molar-refractivity contribution is 9.09. The van der Waals surface area contributed by atoms with E-state index in [0.29, 0.717) is 6.61 Å². The van der Waals surface area contributed by atoms with Gasteiger partial charge in [0.1, 0.15) is 6.54 Å². The standard InChI is InChI=1S/C10H17BrNO2.BrH/c1-3-14-10(13)9-4-6-12(2,8-9)7-5-11;/h4H,3,5-8H2,1-2H3;1H/q+1;/p-1. The van der Waals surface area contributed by atoms with Crippen molar-refractivity contribution in [2.75, 3.05) is 38.6 Å². The zero-order chi connectivity index (χ0) is 10.6. The van der Waals surface area contributed by atoms with Gasteiger partial charge in [-0.2, -0.15) is 0 Å². The molecule has 0 aromatic rings. The fraction of sp³-hybridized carbons (Fsp3) is 0.700. The molecule has 0 aromatic carbocycles. The van der Waals surface area contributed by atoms with E-state index in [1.807, 2.05) is 13.0 Å². The first-order valence-corrected chi connectivity index (χ1v) is 5.99. The van der Waals surface area contributed by atoms with Gasteiger partial charge in [-0.3, -0.25) is 0 Å². The van der Waals surface area contributed by atoms with Crippen LogP contribution in [0.3, 0.4) is 0 Å². The minimum atomic E-state index is -0.149. The van der Waals surface area contributed by atoms with E-state index in [1.165, 1.54) is 0 Å². The van der Waals surface area contributed by atoms with Crippen LogP contribution in [0.4, 0.5) is 0 Å². The van der Waals surface area contributed by atoms with Gasteiger partial charge in [-0.1, -0.05) is 15.9 Å². The van der Waals surface area contributed by atoms with Crippen molar-refractivity contribution in [3.8, 4) is 0 Å². The number of carbonyl (C=O) groups excluding carboxylic acids is 1. The molecular formula is C10H17Br2NO2. The SMILES string of the molecule is CCOC(=O)C1=CC[N+](C)(CCBr)C1.[Br-]. The van der Waals surface area contributed by atoms with Gasteiger partial charge in [-0.05, 0) is 13.0 Å². The van der Waals surface area contributed by atoms with Crippen LogP contribution in [-0.4, -0.2) is 49.1 Å². The van der Waals surface area contributed by atoms with Gasteiger partial charge < -0.3 is 26.2 Å². The zero-order valence-corrected chi connectivity index (χ0v) is 12.3. The molecule has 1 aliphatic heterocycles. The maximum atomic E-state index is 11.4. The monoisotopic (exact) mass is 341 g/mol. The average molecular weight is 343 g/mol. The van der Waals surface area contributed by atoms with Crippen LogP contribution in [0, 0.1) is 0 Å². The summed E-state index contributed by atoms with van der Waals surface area (Å²) in [4.78, 5) is 11.4. The van der Waals surface area contributed by atoms with Crippen LogP contribution in [0.25, 0.3) is 0 Å². The summed E-state index contributed by atoms with van der Waals surface area (Å²) in [6, 6.07) is 0. The fourth-order valence-electron chi connectivity index (χ4n) is 1.62. The van der Waals surface area contributed by atoms with Gasteiger partial charge in [0.25, 0.3) is 0 Å². The molecule has 1 heterocycles. The van der Waals surface area contributed by atoms with Gasteiger partial charge in [-0.25, -0.2) is 4.79 Å². The average Bonchev–Trinajstić information content (AvgIpc) is 2.49. The molecule has 88 valence electrons. The summed E-state index contributed by atoms with van der Waals surface area (Å²) in [6.07, 6.45) is 2.00. The molecule has 3 nitrogen and oxygen atoms in total. The molecule has 0 aliphatic carbocycles. The molecule has 15 heavy (non-hydrogen) atoms. The molecule has 1 unspecified atom stereocenters. The Labute approximate surface area is 110 Å². The molecule has 0 spiro atoms. The van der Waals surface area contributed by atoms with Crippen molar-refractivity contribution in [1.82, 2.24) is 0 Å². The number of nitrogens with zero attached hydrogens (tertiary/aromatic N) is 1. The smallest absolute Gasteiger partial charge is 0.339 e. The van der Waals surface area contributed by atoms with Gasteiger partial charge >= 0.3 is 5.97 Å². The molecule has 1 rings (SSSR count). The van der Waals surface area contributed by atoms with Crippen molar-refractivity contribution in [1.29, 1.82) is 0 Å². The van der Waals surface area contributed by atoms with Crippen molar-refractivity contribution < 1.29 is 31.0 Å². The third-order valence-corrected chi connectivity index (χ3v) is 2.85. The summed E-state index contributed by atoms with van der Waals surface area (Å²) in [5.74, 6) is -0.149. The predicted octanol–water partition coefficient (Wildman–Crippen LogP) is -1.66. The molecule has 0 N–H and O–H groups in total. The lowest BCUT2D eigenvalue weighted by molar-refractivity contribution is -0.891. The first kappa shape index (κ1) is 15.1. The maximum absolute atomic E-state index is 11.4. The Morgan fingerprint density at radius 2 is 2.33 bits per heavy atom. The lowest BCUT2D eigenvalue weighted by atomic mass is 10.3. The number of hydrogen-bond acceptors (Lipinski definition) is 2. The van der Waals surface area contributed by atoms with E-state index in [0.717, 1.165) is 35.0 Å². The minimum absolute atomic E-state index is 0. The lowest BCUT2D eigenvalue weighted by Gasteiger charge is -2.28. The van der Waals surface area contributed by atoms with E-state index >= 15 is 0 Å². The van der Waals surface area contributed by atoms with Crippen LogP contribution in [0.2, 0.25) is 0 Å². The van der Waals surface area contributed by atoms with Crippen molar-refractivity contribution in [3.05, 3.63) is 11.6 Å². The number of halogens is 2. The van der Waals surface area contributed by atoms with Gasteiger partial charge in [0.15, 0.2) is 0 Å². The molecule has 0 saturated heterocycles. The predicted molar refractivity (Wildman–Crippen MR) is 59.3 cm³/mol. The Bertz CT molecular complexity index is 256. The molecule has 0 bridgehead atoms. The van der Waals surface area contributed by atoms with Gasteiger partial charge in [0, 0.05) is 0 Å². The van der Waals surface area contributed by atoms with E-state index in [1.54, 1.807) is 0 Å². The number of alkyl halides is 1.